The highest BCUT2D eigenvalue weighted by Crippen LogP contribution is 2.47. The standard InChI is InChI=1S/C20H24N2O/c1-21-19(23)20(15-9-5-4-6-10-15)14-13-18(22(2)3)16-11-7-8-12-17(16)20/h4-12,18H,13-14H2,1-3H3,(H,21,23)/t18-,20-/m1/s1. The topological polar surface area (TPSA) is 32.3 Å². The van der Waals surface area contributed by atoms with Crippen molar-refractivity contribution in [1.82, 2.24) is 10.2 Å². The number of rotatable bonds is 3. The number of hydrogen-bond donors (Lipinski definition) is 1. The van der Waals surface area contributed by atoms with Crippen molar-refractivity contribution in [3.8, 4) is 0 Å². The Bertz CT molecular complexity index is 696. The first-order valence-electron chi connectivity index (χ1n) is 8.15. The number of amides is 1. The number of likely N-dealkylation sites (N-methyl/N-ethyl adjacent to an activating group) is 1. The van der Waals surface area contributed by atoms with E-state index in [0.29, 0.717) is 6.04 Å². The van der Waals surface area contributed by atoms with Crippen molar-refractivity contribution in [2.75, 3.05) is 21.1 Å². The lowest BCUT2D eigenvalue weighted by Crippen LogP contribution is -2.47. The third kappa shape index (κ3) is 2.45. The monoisotopic (exact) mass is 308 g/mol. The number of nitrogens with zero attached hydrogens (tertiary/aromatic N) is 1. The zero-order valence-electron chi connectivity index (χ0n) is 14.0. The highest BCUT2D eigenvalue weighted by Gasteiger charge is 2.46. The fourth-order valence-corrected chi connectivity index (χ4v) is 3.96. The molecule has 2 aromatic rings. The minimum absolute atomic E-state index is 0.0772. The molecule has 3 heteroatoms. The van der Waals surface area contributed by atoms with E-state index in [4.69, 9.17) is 0 Å². The Balaban J connectivity index is 2.25. The minimum Gasteiger partial charge on any atom is -0.358 e. The van der Waals surface area contributed by atoms with Gasteiger partial charge in [0, 0.05) is 13.1 Å². The van der Waals surface area contributed by atoms with Crippen LogP contribution in [-0.4, -0.2) is 32.0 Å². The number of nitrogens with one attached hydrogen (secondary N) is 1. The average molecular weight is 308 g/mol. The van der Waals surface area contributed by atoms with Crippen LogP contribution in [-0.2, 0) is 10.2 Å². The summed E-state index contributed by atoms with van der Waals surface area (Å²) in [5.74, 6) is 0.0772. The fourth-order valence-electron chi connectivity index (χ4n) is 3.96. The predicted octanol–water partition coefficient (Wildman–Crippen LogP) is 3.12. The normalized spacial score (nSPS) is 23.4. The second-order valence-electron chi connectivity index (χ2n) is 6.46. The number of fused-ring (bicyclic) bond motifs is 1. The SMILES string of the molecule is CNC(=O)[C@@]1(c2ccccc2)CC[C@@H](N(C)C)c2ccccc21. The highest BCUT2D eigenvalue weighted by molar-refractivity contribution is 5.92. The molecule has 0 saturated heterocycles. The zero-order chi connectivity index (χ0) is 16.4. The summed E-state index contributed by atoms with van der Waals surface area (Å²) < 4.78 is 0. The van der Waals surface area contributed by atoms with Crippen LogP contribution in [0.3, 0.4) is 0 Å². The Morgan fingerprint density at radius 1 is 1.09 bits per heavy atom. The summed E-state index contributed by atoms with van der Waals surface area (Å²) in [6, 6.07) is 18.9. The molecule has 0 fully saturated rings. The molecule has 0 spiro atoms. The van der Waals surface area contributed by atoms with Crippen LogP contribution in [0.2, 0.25) is 0 Å². The van der Waals surface area contributed by atoms with Crippen LogP contribution in [0, 0.1) is 0 Å². The Morgan fingerprint density at radius 3 is 2.39 bits per heavy atom. The van der Waals surface area contributed by atoms with Gasteiger partial charge in [-0.1, -0.05) is 54.6 Å². The third-order valence-electron chi connectivity index (χ3n) is 5.08. The van der Waals surface area contributed by atoms with Gasteiger partial charge in [-0.3, -0.25) is 4.79 Å². The van der Waals surface area contributed by atoms with Gasteiger partial charge in [-0.25, -0.2) is 0 Å². The molecule has 1 aliphatic rings. The van der Waals surface area contributed by atoms with Gasteiger partial charge in [0.25, 0.3) is 0 Å². The summed E-state index contributed by atoms with van der Waals surface area (Å²) in [5, 5.41) is 2.91. The lowest BCUT2D eigenvalue weighted by Gasteiger charge is -2.42. The summed E-state index contributed by atoms with van der Waals surface area (Å²) in [4.78, 5) is 15.3. The van der Waals surface area contributed by atoms with Gasteiger partial charge in [0.1, 0.15) is 0 Å². The van der Waals surface area contributed by atoms with E-state index in [0.717, 1.165) is 24.0 Å². The van der Waals surface area contributed by atoms with Crippen LogP contribution in [0.1, 0.15) is 35.6 Å². The smallest absolute Gasteiger partial charge is 0.234 e. The first-order chi connectivity index (χ1) is 11.1. The summed E-state index contributed by atoms with van der Waals surface area (Å²) in [6.45, 7) is 0. The molecule has 0 bridgehead atoms. The molecule has 2 atom stereocenters. The van der Waals surface area contributed by atoms with E-state index < -0.39 is 5.41 Å². The maximum Gasteiger partial charge on any atom is 0.234 e. The Morgan fingerprint density at radius 2 is 1.74 bits per heavy atom. The van der Waals surface area contributed by atoms with Gasteiger partial charge in [-0.15, -0.1) is 0 Å². The molecule has 0 radical (unpaired) electrons. The summed E-state index contributed by atoms with van der Waals surface area (Å²) in [7, 11) is 5.95. The zero-order valence-corrected chi connectivity index (χ0v) is 14.0. The molecule has 1 aliphatic carbocycles. The van der Waals surface area contributed by atoms with Crippen molar-refractivity contribution >= 4 is 5.91 Å². The molecule has 2 aromatic carbocycles. The Kier molecular flexibility index (Phi) is 4.22. The van der Waals surface area contributed by atoms with Crippen molar-refractivity contribution < 1.29 is 4.79 Å². The van der Waals surface area contributed by atoms with Gasteiger partial charge >= 0.3 is 0 Å². The molecule has 0 saturated carbocycles. The van der Waals surface area contributed by atoms with Gasteiger partial charge < -0.3 is 10.2 Å². The second-order valence-corrected chi connectivity index (χ2v) is 6.46. The average Bonchev–Trinajstić information content (AvgIpc) is 2.60. The third-order valence-corrected chi connectivity index (χ3v) is 5.08. The largest absolute Gasteiger partial charge is 0.358 e. The van der Waals surface area contributed by atoms with Crippen LogP contribution in [0.15, 0.2) is 54.6 Å². The molecular formula is C20H24N2O. The number of carbonyl (C=O) groups is 1. The van der Waals surface area contributed by atoms with E-state index >= 15 is 0 Å². The van der Waals surface area contributed by atoms with Gasteiger partial charge in [0.2, 0.25) is 5.91 Å². The van der Waals surface area contributed by atoms with Gasteiger partial charge in [0.05, 0.1) is 5.41 Å². The Labute approximate surface area is 138 Å². The maximum atomic E-state index is 13.0. The van der Waals surface area contributed by atoms with Crippen LogP contribution < -0.4 is 5.32 Å². The molecule has 3 nitrogen and oxygen atoms in total. The van der Waals surface area contributed by atoms with E-state index in [-0.39, 0.29) is 5.91 Å². The van der Waals surface area contributed by atoms with Crippen molar-refractivity contribution in [2.45, 2.75) is 24.3 Å². The lowest BCUT2D eigenvalue weighted by molar-refractivity contribution is -0.125. The van der Waals surface area contributed by atoms with Crippen LogP contribution in [0.4, 0.5) is 0 Å². The first kappa shape index (κ1) is 15.8. The van der Waals surface area contributed by atoms with Gasteiger partial charge in [-0.2, -0.15) is 0 Å². The fraction of sp³-hybridized carbons (Fsp3) is 0.350. The molecule has 3 rings (SSSR count). The van der Waals surface area contributed by atoms with E-state index in [1.54, 1.807) is 7.05 Å². The maximum absolute atomic E-state index is 13.0. The lowest BCUT2D eigenvalue weighted by atomic mass is 9.64. The quantitative estimate of drug-likeness (QED) is 0.945. The molecule has 0 aliphatic heterocycles. The highest BCUT2D eigenvalue weighted by atomic mass is 16.2. The molecule has 1 amide bonds. The van der Waals surface area contributed by atoms with Crippen molar-refractivity contribution in [3.63, 3.8) is 0 Å². The van der Waals surface area contributed by atoms with E-state index in [2.05, 4.69) is 54.6 Å². The van der Waals surface area contributed by atoms with E-state index in [9.17, 15) is 4.79 Å². The van der Waals surface area contributed by atoms with Gasteiger partial charge in [0.15, 0.2) is 0 Å². The molecule has 23 heavy (non-hydrogen) atoms. The molecule has 0 aromatic heterocycles. The van der Waals surface area contributed by atoms with Crippen molar-refractivity contribution in [2.24, 2.45) is 0 Å². The summed E-state index contributed by atoms with van der Waals surface area (Å²) >= 11 is 0. The van der Waals surface area contributed by atoms with Crippen LogP contribution in [0.5, 0.6) is 0 Å². The Hall–Kier alpha value is -2.13. The van der Waals surface area contributed by atoms with E-state index in [1.807, 2.05) is 24.3 Å². The number of benzene rings is 2. The van der Waals surface area contributed by atoms with E-state index in [1.165, 1.54) is 5.56 Å². The van der Waals surface area contributed by atoms with Crippen molar-refractivity contribution in [1.29, 1.82) is 0 Å². The van der Waals surface area contributed by atoms with Crippen LogP contribution in [0.25, 0.3) is 0 Å². The minimum atomic E-state index is -0.598. The molecule has 0 heterocycles. The molecule has 120 valence electrons. The van der Waals surface area contributed by atoms with Crippen LogP contribution >= 0.6 is 0 Å². The molecule has 0 unspecified atom stereocenters. The molecule has 1 N–H and O–H groups in total. The van der Waals surface area contributed by atoms with Gasteiger partial charge in [-0.05, 0) is 43.6 Å². The summed E-state index contributed by atoms with van der Waals surface area (Å²) in [6.07, 6.45) is 1.78. The number of carbonyl (C=O) groups excluding carboxylic acids is 1. The predicted molar refractivity (Wildman–Crippen MR) is 93.4 cm³/mol. The summed E-state index contributed by atoms with van der Waals surface area (Å²) in [5.41, 5.74) is 2.87. The first-order valence-corrected chi connectivity index (χ1v) is 8.15. The molecular weight excluding hydrogens is 284 g/mol. The van der Waals surface area contributed by atoms with Crippen molar-refractivity contribution in [3.05, 3.63) is 71.3 Å². The number of hydrogen-bond acceptors (Lipinski definition) is 2. The second kappa shape index (κ2) is 6.17.